The van der Waals surface area contributed by atoms with Gasteiger partial charge in [0, 0.05) is 43.0 Å². The lowest BCUT2D eigenvalue weighted by Crippen LogP contribution is -2.51. The van der Waals surface area contributed by atoms with Crippen molar-refractivity contribution < 1.29 is 33.7 Å². The summed E-state index contributed by atoms with van der Waals surface area (Å²) in [5.74, 6) is 0.998. The summed E-state index contributed by atoms with van der Waals surface area (Å²) in [7, 11) is 1.69. The van der Waals surface area contributed by atoms with E-state index in [0.717, 1.165) is 0 Å². The molecule has 2 aliphatic rings. The number of rotatable bonds is 7. The molecule has 0 radical (unpaired) electrons. The lowest BCUT2D eigenvalue weighted by Gasteiger charge is -2.38. The highest BCUT2D eigenvalue weighted by molar-refractivity contribution is 6.02. The van der Waals surface area contributed by atoms with E-state index in [0.29, 0.717) is 35.2 Å². The van der Waals surface area contributed by atoms with Crippen molar-refractivity contribution in [1.29, 1.82) is 0 Å². The van der Waals surface area contributed by atoms with Crippen LogP contribution in [0.1, 0.15) is 38.1 Å². The van der Waals surface area contributed by atoms with Crippen LogP contribution in [-0.4, -0.2) is 84.6 Å². The summed E-state index contributed by atoms with van der Waals surface area (Å²) >= 11 is 0. The minimum Gasteiger partial charge on any atom is -0.487 e. The molecule has 0 saturated carbocycles. The van der Waals surface area contributed by atoms with Crippen molar-refractivity contribution in [2.75, 3.05) is 44.2 Å². The summed E-state index contributed by atoms with van der Waals surface area (Å²) in [6, 6.07) is 8.68. The molecule has 12 nitrogen and oxygen atoms in total. The van der Waals surface area contributed by atoms with E-state index in [1.165, 1.54) is 0 Å². The fourth-order valence-electron chi connectivity index (χ4n) is 4.50. The molecule has 0 aliphatic carbocycles. The number of nitrogens with one attached hydrogen (secondary N) is 3. The van der Waals surface area contributed by atoms with Gasteiger partial charge in [-0.25, -0.2) is 9.59 Å². The van der Waals surface area contributed by atoms with E-state index in [1.807, 2.05) is 20.8 Å². The molecule has 216 valence electrons. The number of benzene rings is 2. The highest BCUT2D eigenvalue weighted by Gasteiger charge is 2.34. The third kappa shape index (κ3) is 6.68. The van der Waals surface area contributed by atoms with Crippen LogP contribution in [0.4, 0.5) is 21.0 Å². The Kier molecular flexibility index (Phi) is 8.88. The number of hydrogen-bond donors (Lipinski definition) is 4. The Morgan fingerprint density at radius 3 is 2.38 bits per heavy atom. The topological polar surface area (TPSA) is 142 Å². The van der Waals surface area contributed by atoms with Gasteiger partial charge in [0.25, 0.3) is 5.91 Å². The molecule has 2 heterocycles. The first-order valence-corrected chi connectivity index (χ1v) is 13.3. The van der Waals surface area contributed by atoms with Gasteiger partial charge in [-0.05, 0) is 51.1 Å². The number of carbonyl (C=O) groups excluding carboxylic acids is 3. The van der Waals surface area contributed by atoms with Crippen LogP contribution < -0.4 is 30.2 Å². The molecular weight excluding hydrogens is 518 g/mol. The van der Waals surface area contributed by atoms with E-state index in [9.17, 15) is 19.5 Å². The van der Waals surface area contributed by atoms with Crippen molar-refractivity contribution >= 4 is 29.3 Å². The van der Waals surface area contributed by atoms with Crippen LogP contribution in [0, 0.1) is 5.92 Å². The lowest BCUT2D eigenvalue weighted by atomic mass is 9.99. The maximum Gasteiger partial charge on any atom is 0.323 e. The van der Waals surface area contributed by atoms with Crippen LogP contribution in [0.3, 0.4) is 0 Å². The SMILES string of the molecule is CC(C)NC(=O)N(C)C[C@H]1Oc2ccc(NC(=O)Nc3ccc4c(c3)OCO4)cc2C(=O)N([C@H](C)CO)C[C@H]1C. The average Bonchev–Trinajstić information content (AvgIpc) is 3.38. The molecule has 2 aromatic rings. The molecule has 3 atom stereocenters. The molecule has 2 aliphatic heterocycles. The summed E-state index contributed by atoms with van der Waals surface area (Å²) in [5.41, 5.74) is 1.13. The normalized spacial score (nSPS) is 18.7. The van der Waals surface area contributed by atoms with Crippen molar-refractivity contribution in [1.82, 2.24) is 15.1 Å². The first kappa shape index (κ1) is 28.8. The van der Waals surface area contributed by atoms with Gasteiger partial charge in [-0.15, -0.1) is 0 Å². The monoisotopic (exact) mass is 555 g/mol. The van der Waals surface area contributed by atoms with E-state index in [4.69, 9.17) is 14.2 Å². The molecular formula is C28H37N5O7. The molecule has 40 heavy (non-hydrogen) atoms. The van der Waals surface area contributed by atoms with E-state index in [2.05, 4.69) is 16.0 Å². The third-order valence-corrected chi connectivity index (χ3v) is 6.77. The summed E-state index contributed by atoms with van der Waals surface area (Å²) in [6.07, 6.45) is -0.434. The quantitative estimate of drug-likeness (QED) is 0.411. The predicted molar refractivity (Wildman–Crippen MR) is 149 cm³/mol. The van der Waals surface area contributed by atoms with Gasteiger partial charge in [-0.3, -0.25) is 4.79 Å². The van der Waals surface area contributed by atoms with Crippen molar-refractivity contribution in [2.45, 2.75) is 45.9 Å². The van der Waals surface area contributed by atoms with E-state index < -0.39 is 18.2 Å². The zero-order chi connectivity index (χ0) is 29.0. The molecule has 5 amide bonds. The fourth-order valence-corrected chi connectivity index (χ4v) is 4.50. The molecule has 4 rings (SSSR count). The second-order valence-corrected chi connectivity index (χ2v) is 10.5. The number of amides is 5. The molecule has 0 saturated heterocycles. The van der Waals surface area contributed by atoms with Crippen molar-refractivity contribution in [3.05, 3.63) is 42.0 Å². The number of hydrogen-bond acceptors (Lipinski definition) is 7. The minimum atomic E-state index is -0.511. The zero-order valence-electron chi connectivity index (χ0n) is 23.4. The van der Waals surface area contributed by atoms with Crippen molar-refractivity contribution in [3.8, 4) is 17.2 Å². The number of ether oxygens (including phenoxy) is 3. The Labute approximate surface area is 233 Å². The Morgan fingerprint density at radius 1 is 1.05 bits per heavy atom. The first-order valence-electron chi connectivity index (χ1n) is 13.3. The smallest absolute Gasteiger partial charge is 0.323 e. The van der Waals surface area contributed by atoms with Gasteiger partial charge >= 0.3 is 12.1 Å². The van der Waals surface area contributed by atoms with E-state index >= 15 is 0 Å². The van der Waals surface area contributed by atoms with Gasteiger partial charge in [-0.2, -0.15) is 0 Å². The van der Waals surface area contributed by atoms with Gasteiger partial charge < -0.3 is 45.1 Å². The number of aliphatic hydroxyl groups is 1. The van der Waals surface area contributed by atoms with Crippen LogP contribution in [0.2, 0.25) is 0 Å². The molecule has 0 fully saturated rings. The fraction of sp³-hybridized carbons (Fsp3) is 0.464. The van der Waals surface area contributed by atoms with Gasteiger partial charge in [0.1, 0.15) is 11.9 Å². The largest absolute Gasteiger partial charge is 0.487 e. The van der Waals surface area contributed by atoms with Gasteiger partial charge in [0.05, 0.1) is 24.8 Å². The van der Waals surface area contributed by atoms with Gasteiger partial charge in [0.15, 0.2) is 11.5 Å². The summed E-state index contributed by atoms with van der Waals surface area (Å²) in [4.78, 5) is 42.1. The first-order chi connectivity index (χ1) is 19.0. The van der Waals surface area contributed by atoms with Crippen LogP contribution in [0.25, 0.3) is 0 Å². The molecule has 0 aromatic heterocycles. The average molecular weight is 556 g/mol. The van der Waals surface area contributed by atoms with Gasteiger partial charge in [0.2, 0.25) is 6.79 Å². The standard InChI is InChI=1S/C28H37N5O7/c1-16(2)29-28(37)32(5)13-25-17(3)12-33(18(4)14-34)26(35)21-10-19(6-8-22(21)40-25)30-27(36)31-20-7-9-23-24(11-20)39-15-38-23/h6-11,16-18,25,34H,12-15H2,1-5H3,(H,29,37)(H2,30,31,36)/t17-,18-,25-/m1/s1. The molecule has 12 heteroatoms. The second kappa shape index (κ2) is 12.3. The molecule has 0 unspecified atom stereocenters. The highest BCUT2D eigenvalue weighted by Crippen LogP contribution is 2.34. The number of urea groups is 2. The molecule has 2 aromatic carbocycles. The van der Waals surface area contributed by atoms with Crippen LogP contribution >= 0.6 is 0 Å². The number of aliphatic hydroxyl groups excluding tert-OH is 1. The minimum absolute atomic E-state index is 0.0157. The number of anilines is 2. The summed E-state index contributed by atoms with van der Waals surface area (Å²) in [6.45, 7) is 8.00. The Bertz CT molecular complexity index is 1250. The van der Waals surface area contributed by atoms with Crippen LogP contribution in [0.15, 0.2) is 36.4 Å². The Balaban J connectivity index is 1.55. The number of carbonyl (C=O) groups is 3. The maximum atomic E-state index is 13.6. The van der Waals surface area contributed by atoms with E-state index in [-0.39, 0.29) is 49.4 Å². The number of nitrogens with zero attached hydrogens (tertiary/aromatic N) is 2. The maximum absolute atomic E-state index is 13.6. The number of fused-ring (bicyclic) bond motifs is 2. The highest BCUT2D eigenvalue weighted by atomic mass is 16.7. The van der Waals surface area contributed by atoms with Crippen molar-refractivity contribution in [3.63, 3.8) is 0 Å². The predicted octanol–water partition coefficient (Wildman–Crippen LogP) is 3.33. The van der Waals surface area contributed by atoms with Gasteiger partial charge in [-0.1, -0.05) is 6.92 Å². The van der Waals surface area contributed by atoms with E-state index in [1.54, 1.807) is 60.2 Å². The van der Waals surface area contributed by atoms with Crippen molar-refractivity contribution in [2.24, 2.45) is 5.92 Å². The second-order valence-electron chi connectivity index (χ2n) is 10.5. The molecule has 0 bridgehead atoms. The Morgan fingerprint density at radius 2 is 1.70 bits per heavy atom. The number of likely N-dealkylation sites (N-methyl/N-ethyl adjacent to an activating group) is 1. The zero-order valence-corrected chi connectivity index (χ0v) is 23.4. The van der Waals surface area contributed by atoms with Crippen LogP contribution in [-0.2, 0) is 0 Å². The lowest BCUT2D eigenvalue weighted by molar-refractivity contribution is 0.0366. The summed E-state index contributed by atoms with van der Waals surface area (Å²) in [5, 5.41) is 18.2. The Hall–Kier alpha value is -4.19. The molecule has 4 N–H and O–H groups in total. The van der Waals surface area contributed by atoms with Crippen LogP contribution in [0.5, 0.6) is 17.2 Å². The summed E-state index contributed by atoms with van der Waals surface area (Å²) < 4.78 is 17.0. The molecule has 0 spiro atoms. The third-order valence-electron chi connectivity index (χ3n) is 6.77.